The number of aryl methyl sites for hydroxylation is 1. The molecule has 1 aliphatic heterocycles. The molecule has 2 aromatic carbocycles. The van der Waals surface area contributed by atoms with Gasteiger partial charge in [0.2, 0.25) is 10.0 Å². The maximum Gasteiger partial charge on any atom is 0.243 e. The first-order chi connectivity index (χ1) is 11.0. The average molecular weight is 349 g/mol. The summed E-state index contributed by atoms with van der Waals surface area (Å²) < 4.78 is 41.0. The number of nitrogens with one attached hydrogen (secondary N) is 1. The van der Waals surface area contributed by atoms with Gasteiger partial charge < -0.3 is 4.74 Å². The first-order valence-electron chi connectivity index (χ1n) is 6.86. The first-order valence-corrected chi connectivity index (χ1v) is 9.07. The number of fused-ring (bicyclic) bond motifs is 1. The highest BCUT2D eigenvalue weighted by atomic mass is 32.2. The Balaban J connectivity index is 1.82. The van der Waals surface area contributed by atoms with E-state index in [9.17, 15) is 8.42 Å². The molecule has 120 valence electrons. The molecule has 1 aliphatic rings. The van der Waals surface area contributed by atoms with E-state index in [1.165, 1.54) is 6.07 Å². The van der Waals surface area contributed by atoms with Crippen molar-refractivity contribution >= 4 is 32.8 Å². The fraction of sp³-hybridized carbons (Fsp3) is 0.200. The Hall–Kier alpha value is -2.03. The van der Waals surface area contributed by atoms with E-state index in [1.54, 1.807) is 19.2 Å². The molecule has 0 amide bonds. The van der Waals surface area contributed by atoms with Crippen LogP contribution in [0.4, 0.5) is 11.4 Å². The highest BCUT2D eigenvalue weighted by Gasteiger charge is 2.22. The number of methoxy groups -OCH3 is 1. The van der Waals surface area contributed by atoms with Crippen molar-refractivity contribution < 1.29 is 13.2 Å². The van der Waals surface area contributed by atoms with E-state index < -0.39 is 10.0 Å². The summed E-state index contributed by atoms with van der Waals surface area (Å²) in [4.78, 5) is 0.147. The monoisotopic (exact) mass is 349 g/mol. The third kappa shape index (κ3) is 3.19. The molecule has 0 radical (unpaired) electrons. The van der Waals surface area contributed by atoms with Crippen LogP contribution in [0.15, 0.2) is 50.0 Å². The van der Waals surface area contributed by atoms with Crippen molar-refractivity contribution in [3.8, 4) is 5.75 Å². The SMILES string of the molecule is COc1ccc(CNS(=O)(=O)c2cccc3c2N=S=N3)cc1C. The molecule has 8 heteroatoms. The minimum Gasteiger partial charge on any atom is -0.496 e. The molecule has 0 bridgehead atoms. The van der Waals surface area contributed by atoms with Gasteiger partial charge in [-0.25, -0.2) is 13.1 Å². The Kier molecular flexibility index (Phi) is 4.29. The normalized spacial score (nSPS) is 12.8. The second-order valence-electron chi connectivity index (χ2n) is 5.02. The van der Waals surface area contributed by atoms with Crippen molar-refractivity contribution in [1.82, 2.24) is 4.72 Å². The number of sulfonamides is 1. The largest absolute Gasteiger partial charge is 0.496 e. The molecule has 2 aromatic rings. The predicted molar refractivity (Wildman–Crippen MR) is 89.7 cm³/mol. The van der Waals surface area contributed by atoms with E-state index in [0.717, 1.165) is 28.2 Å². The lowest BCUT2D eigenvalue weighted by molar-refractivity contribution is 0.411. The molecule has 0 aliphatic carbocycles. The van der Waals surface area contributed by atoms with E-state index in [-0.39, 0.29) is 11.4 Å². The van der Waals surface area contributed by atoms with Gasteiger partial charge in [0.25, 0.3) is 0 Å². The van der Waals surface area contributed by atoms with Crippen molar-refractivity contribution in [1.29, 1.82) is 0 Å². The summed E-state index contributed by atoms with van der Waals surface area (Å²) in [5.74, 6) is 0.773. The second-order valence-corrected chi connectivity index (χ2v) is 7.28. The number of hydrogen-bond donors (Lipinski definition) is 1. The second kappa shape index (κ2) is 6.23. The van der Waals surface area contributed by atoms with Crippen LogP contribution in [0.25, 0.3) is 0 Å². The lowest BCUT2D eigenvalue weighted by Gasteiger charge is -2.10. The van der Waals surface area contributed by atoms with Crippen LogP contribution in [0, 0.1) is 6.92 Å². The summed E-state index contributed by atoms with van der Waals surface area (Å²) >= 11 is 0.998. The highest BCUT2D eigenvalue weighted by molar-refractivity contribution is 7.89. The van der Waals surface area contributed by atoms with Gasteiger partial charge >= 0.3 is 0 Å². The van der Waals surface area contributed by atoms with Crippen LogP contribution in [-0.2, 0) is 27.9 Å². The molecule has 6 nitrogen and oxygen atoms in total. The molecular weight excluding hydrogens is 334 g/mol. The summed E-state index contributed by atoms with van der Waals surface area (Å²) in [5, 5.41) is 0. The topological polar surface area (TPSA) is 80.1 Å². The summed E-state index contributed by atoms with van der Waals surface area (Å²) in [5.41, 5.74) is 2.79. The molecule has 0 saturated heterocycles. The van der Waals surface area contributed by atoms with E-state index >= 15 is 0 Å². The highest BCUT2D eigenvalue weighted by Crippen LogP contribution is 2.37. The Bertz CT molecular complexity index is 933. The maximum absolute atomic E-state index is 12.5. The van der Waals surface area contributed by atoms with Crippen LogP contribution in [0.5, 0.6) is 5.75 Å². The first kappa shape index (κ1) is 15.9. The van der Waals surface area contributed by atoms with Crippen molar-refractivity contribution in [2.45, 2.75) is 18.4 Å². The summed E-state index contributed by atoms with van der Waals surface area (Å²) in [6.07, 6.45) is 0. The lowest BCUT2D eigenvalue weighted by atomic mass is 10.1. The minimum absolute atomic E-state index is 0.147. The van der Waals surface area contributed by atoms with E-state index in [2.05, 4.69) is 13.4 Å². The van der Waals surface area contributed by atoms with Crippen LogP contribution in [0.1, 0.15) is 11.1 Å². The summed E-state index contributed by atoms with van der Waals surface area (Å²) in [6, 6.07) is 10.5. The number of nitrogens with zero attached hydrogens (tertiary/aromatic N) is 2. The van der Waals surface area contributed by atoms with Gasteiger partial charge in [-0.05, 0) is 36.2 Å². The molecule has 3 rings (SSSR count). The lowest BCUT2D eigenvalue weighted by Crippen LogP contribution is -2.23. The smallest absolute Gasteiger partial charge is 0.243 e. The molecular formula is C15H15N3O3S2. The fourth-order valence-corrected chi connectivity index (χ4v) is 4.09. The fourth-order valence-electron chi connectivity index (χ4n) is 2.30. The zero-order valence-corrected chi connectivity index (χ0v) is 14.2. The van der Waals surface area contributed by atoms with Crippen molar-refractivity contribution in [2.75, 3.05) is 7.11 Å². The van der Waals surface area contributed by atoms with Gasteiger partial charge in [0.15, 0.2) is 0 Å². The Morgan fingerprint density at radius 2 is 2.04 bits per heavy atom. The van der Waals surface area contributed by atoms with Crippen molar-refractivity contribution in [3.63, 3.8) is 0 Å². The van der Waals surface area contributed by atoms with Gasteiger partial charge in [0, 0.05) is 6.54 Å². The molecule has 0 unspecified atom stereocenters. The average Bonchev–Trinajstić information content (AvgIpc) is 3.01. The Morgan fingerprint density at radius 3 is 2.78 bits per heavy atom. The van der Waals surface area contributed by atoms with Gasteiger partial charge in [0.05, 0.1) is 18.5 Å². The van der Waals surface area contributed by atoms with E-state index in [0.29, 0.717) is 11.4 Å². The van der Waals surface area contributed by atoms with Gasteiger partial charge in [-0.15, -0.1) is 0 Å². The summed E-state index contributed by atoms with van der Waals surface area (Å²) in [6.45, 7) is 2.11. The Labute approximate surface area is 138 Å². The van der Waals surface area contributed by atoms with Crippen LogP contribution in [0.2, 0.25) is 0 Å². The van der Waals surface area contributed by atoms with Gasteiger partial charge in [0.1, 0.15) is 22.0 Å². The van der Waals surface area contributed by atoms with Gasteiger partial charge in [-0.2, -0.15) is 8.73 Å². The molecule has 0 saturated carbocycles. The van der Waals surface area contributed by atoms with Crippen molar-refractivity contribution in [2.24, 2.45) is 8.73 Å². The Morgan fingerprint density at radius 1 is 1.22 bits per heavy atom. The zero-order valence-electron chi connectivity index (χ0n) is 12.6. The molecule has 23 heavy (non-hydrogen) atoms. The number of rotatable bonds is 5. The van der Waals surface area contributed by atoms with Crippen LogP contribution < -0.4 is 9.46 Å². The van der Waals surface area contributed by atoms with Crippen LogP contribution >= 0.6 is 0 Å². The quantitative estimate of drug-likeness (QED) is 0.768. The molecule has 0 spiro atoms. The summed E-state index contributed by atoms with van der Waals surface area (Å²) in [7, 11) is -2.06. The minimum atomic E-state index is -3.66. The number of hydrogen-bond acceptors (Lipinski definition) is 5. The van der Waals surface area contributed by atoms with Gasteiger partial charge in [-0.3, -0.25) is 0 Å². The molecule has 0 atom stereocenters. The van der Waals surface area contributed by atoms with Crippen LogP contribution in [0.3, 0.4) is 0 Å². The molecule has 1 heterocycles. The van der Waals surface area contributed by atoms with Gasteiger partial charge in [-0.1, -0.05) is 18.2 Å². The molecule has 0 fully saturated rings. The van der Waals surface area contributed by atoms with E-state index in [4.69, 9.17) is 4.74 Å². The van der Waals surface area contributed by atoms with Crippen molar-refractivity contribution in [3.05, 3.63) is 47.5 Å². The third-order valence-electron chi connectivity index (χ3n) is 3.46. The third-order valence-corrected chi connectivity index (χ3v) is 5.44. The maximum atomic E-state index is 12.5. The molecule has 1 N–H and O–H groups in total. The van der Waals surface area contributed by atoms with E-state index in [1.807, 2.05) is 25.1 Å². The predicted octanol–water partition coefficient (Wildman–Crippen LogP) is 3.21. The zero-order chi connectivity index (χ0) is 16.4. The number of ether oxygens (including phenoxy) is 1. The standard InChI is InChI=1S/C15H15N3O3S2/c1-10-8-11(6-7-13(10)21-2)9-16-23(19,20)14-5-3-4-12-15(14)18-22-17-12/h3-8,16H,9H2,1-2H3. The number of benzene rings is 2. The molecule has 0 aromatic heterocycles. The van der Waals surface area contributed by atoms with Crippen LogP contribution in [-0.4, -0.2) is 15.5 Å².